The van der Waals surface area contributed by atoms with Gasteiger partial charge in [0.15, 0.2) is 0 Å². The topological polar surface area (TPSA) is 47.6 Å². The number of carbonyl (C=O) groups is 1. The lowest BCUT2D eigenvalue weighted by molar-refractivity contribution is -0.121. The van der Waals surface area contributed by atoms with Crippen molar-refractivity contribution in [3.8, 4) is 5.75 Å². The fraction of sp³-hybridized carbons (Fsp3) is 0.316. The first-order valence-corrected chi connectivity index (χ1v) is 7.82. The van der Waals surface area contributed by atoms with E-state index < -0.39 is 0 Å². The summed E-state index contributed by atoms with van der Waals surface area (Å²) in [7, 11) is 1.63. The van der Waals surface area contributed by atoms with Crippen molar-refractivity contribution in [3.05, 3.63) is 65.2 Å². The molecule has 0 unspecified atom stereocenters. The van der Waals surface area contributed by atoms with Crippen molar-refractivity contribution in [3.63, 3.8) is 0 Å². The van der Waals surface area contributed by atoms with E-state index in [-0.39, 0.29) is 12.0 Å². The fourth-order valence-corrected chi connectivity index (χ4v) is 2.76. The number of hydrogen-bond donors (Lipinski definition) is 1. The van der Waals surface area contributed by atoms with Crippen LogP contribution in [0.3, 0.4) is 0 Å². The monoisotopic (exact) mass is 311 g/mol. The highest BCUT2D eigenvalue weighted by molar-refractivity contribution is 5.78. The van der Waals surface area contributed by atoms with Gasteiger partial charge in [0.25, 0.3) is 0 Å². The van der Waals surface area contributed by atoms with E-state index in [1.54, 1.807) is 7.11 Å². The number of carbonyl (C=O) groups excluding carboxylic acids is 1. The van der Waals surface area contributed by atoms with Gasteiger partial charge >= 0.3 is 0 Å². The van der Waals surface area contributed by atoms with Gasteiger partial charge in [-0.1, -0.05) is 36.4 Å². The second-order valence-electron chi connectivity index (χ2n) is 5.73. The molecule has 0 spiro atoms. The Morgan fingerprint density at radius 1 is 1.17 bits per heavy atom. The minimum absolute atomic E-state index is 0.0117. The van der Waals surface area contributed by atoms with Crippen molar-refractivity contribution in [2.75, 3.05) is 13.7 Å². The molecular formula is C19H21NO3. The van der Waals surface area contributed by atoms with E-state index in [2.05, 4.69) is 17.4 Å². The number of amides is 1. The highest BCUT2D eigenvalue weighted by Gasteiger charge is 2.19. The molecule has 0 fully saturated rings. The van der Waals surface area contributed by atoms with Gasteiger partial charge in [0, 0.05) is 13.0 Å². The Hall–Kier alpha value is -2.33. The molecule has 0 radical (unpaired) electrons. The summed E-state index contributed by atoms with van der Waals surface area (Å²) in [6, 6.07) is 15.8. The molecule has 4 heteroatoms. The summed E-state index contributed by atoms with van der Waals surface area (Å²) >= 11 is 0. The van der Waals surface area contributed by atoms with Crippen LogP contribution in [0.15, 0.2) is 48.5 Å². The average molecular weight is 311 g/mol. The Morgan fingerprint density at radius 2 is 1.91 bits per heavy atom. The summed E-state index contributed by atoms with van der Waals surface area (Å²) in [6.45, 7) is 1.17. The number of rotatable bonds is 5. The van der Waals surface area contributed by atoms with Gasteiger partial charge in [-0.15, -0.1) is 0 Å². The van der Waals surface area contributed by atoms with Crippen LogP contribution in [-0.2, 0) is 29.0 Å². The molecule has 4 nitrogen and oxygen atoms in total. The zero-order valence-corrected chi connectivity index (χ0v) is 13.2. The Labute approximate surface area is 136 Å². The van der Waals surface area contributed by atoms with Crippen molar-refractivity contribution in [2.24, 2.45) is 0 Å². The lowest BCUT2D eigenvalue weighted by Gasteiger charge is -2.25. The molecule has 0 bridgehead atoms. The molecular weight excluding hydrogens is 290 g/mol. The van der Waals surface area contributed by atoms with Crippen LogP contribution in [0, 0.1) is 0 Å². The number of nitrogens with one attached hydrogen (secondary N) is 1. The predicted molar refractivity (Wildman–Crippen MR) is 88.4 cm³/mol. The van der Waals surface area contributed by atoms with Crippen LogP contribution in [0.4, 0.5) is 0 Å². The third kappa shape index (κ3) is 4.11. The number of hydrogen-bond acceptors (Lipinski definition) is 3. The van der Waals surface area contributed by atoms with Gasteiger partial charge in [0.1, 0.15) is 5.75 Å². The molecule has 2 aromatic rings. The summed E-state index contributed by atoms with van der Waals surface area (Å²) in [4.78, 5) is 12.1. The van der Waals surface area contributed by atoms with Gasteiger partial charge in [-0.25, -0.2) is 0 Å². The summed E-state index contributed by atoms with van der Waals surface area (Å²) in [5.41, 5.74) is 3.53. The van der Waals surface area contributed by atoms with Crippen molar-refractivity contribution in [2.45, 2.75) is 25.6 Å². The SMILES string of the molecule is COc1ccc(CC(=O)NC[C@H]2Cc3ccccc3CO2)cc1. The minimum atomic E-state index is 0.0117. The molecule has 1 aliphatic rings. The second-order valence-corrected chi connectivity index (χ2v) is 5.73. The number of methoxy groups -OCH3 is 1. The Morgan fingerprint density at radius 3 is 2.65 bits per heavy atom. The number of benzene rings is 2. The third-order valence-corrected chi connectivity index (χ3v) is 4.09. The predicted octanol–water partition coefficient (Wildman–Crippen LogP) is 2.50. The van der Waals surface area contributed by atoms with E-state index in [9.17, 15) is 4.79 Å². The van der Waals surface area contributed by atoms with E-state index in [1.165, 1.54) is 11.1 Å². The molecule has 0 aliphatic carbocycles. The maximum atomic E-state index is 12.1. The summed E-state index contributed by atoms with van der Waals surface area (Å²) < 4.78 is 10.9. The van der Waals surface area contributed by atoms with Gasteiger partial charge in [-0.3, -0.25) is 4.79 Å². The van der Waals surface area contributed by atoms with E-state index in [1.807, 2.05) is 36.4 Å². The van der Waals surface area contributed by atoms with E-state index >= 15 is 0 Å². The molecule has 0 saturated carbocycles. The molecule has 1 amide bonds. The van der Waals surface area contributed by atoms with Crippen molar-refractivity contribution < 1.29 is 14.3 Å². The van der Waals surface area contributed by atoms with Crippen LogP contribution in [0.25, 0.3) is 0 Å². The minimum Gasteiger partial charge on any atom is -0.497 e. The number of fused-ring (bicyclic) bond motifs is 1. The van der Waals surface area contributed by atoms with E-state index in [0.717, 1.165) is 17.7 Å². The quantitative estimate of drug-likeness (QED) is 0.923. The molecule has 23 heavy (non-hydrogen) atoms. The van der Waals surface area contributed by atoms with Crippen LogP contribution in [-0.4, -0.2) is 25.7 Å². The lowest BCUT2D eigenvalue weighted by Crippen LogP contribution is -2.37. The Balaban J connectivity index is 1.47. The molecule has 1 N–H and O–H groups in total. The van der Waals surface area contributed by atoms with Crippen LogP contribution < -0.4 is 10.1 Å². The van der Waals surface area contributed by atoms with Gasteiger partial charge < -0.3 is 14.8 Å². The highest BCUT2D eigenvalue weighted by atomic mass is 16.5. The first-order valence-electron chi connectivity index (χ1n) is 7.82. The zero-order valence-electron chi connectivity index (χ0n) is 13.2. The molecule has 0 aromatic heterocycles. The van der Waals surface area contributed by atoms with Crippen molar-refractivity contribution in [1.29, 1.82) is 0 Å². The standard InChI is InChI=1S/C19H21NO3/c1-22-17-8-6-14(7-9-17)10-19(21)20-12-18-11-15-4-2-3-5-16(15)13-23-18/h2-9,18H,10-13H2,1H3,(H,20,21)/t18-/m1/s1. The smallest absolute Gasteiger partial charge is 0.224 e. The first kappa shape index (κ1) is 15.6. The van der Waals surface area contributed by atoms with Gasteiger partial charge in [0.2, 0.25) is 5.91 Å². The number of ether oxygens (including phenoxy) is 2. The molecule has 1 heterocycles. The molecule has 2 aromatic carbocycles. The fourth-order valence-electron chi connectivity index (χ4n) is 2.76. The van der Waals surface area contributed by atoms with Crippen LogP contribution in [0.2, 0.25) is 0 Å². The zero-order chi connectivity index (χ0) is 16.1. The van der Waals surface area contributed by atoms with Gasteiger partial charge in [0.05, 0.1) is 26.2 Å². The van der Waals surface area contributed by atoms with E-state index in [0.29, 0.717) is 19.6 Å². The van der Waals surface area contributed by atoms with Gasteiger partial charge in [-0.05, 0) is 28.8 Å². The third-order valence-electron chi connectivity index (χ3n) is 4.09. The summed E-state index contributed by atoms with van der Waals surface area (Å²) in [5.74, 6) is 0.807. The maximum Gasteiger partial charge on any atom is 0.224 e. The molecule has 0 saturated heterocycles. The molecule has 3 rings (SSSR count). The lowest BCUT2D eigenvalue weighted by atomic mass is 9.99. The van der Waals surface area contributed by atoms with E-state index in [4.69, 9.17) is 9.47 Å². The largest absolute Gasteiger partial charge is 0.497 e. The summed E-state index contributed by atoms with van der Waals surface area (Å²) in [6.07, 6.45) is 1.26. The normalized spacial score (nSPS) is 16.5. The maximum absolute atomic E-state index is 12.1. The Bertz CT molecular complexity index is 667. The highest BCUT2D eigenvalue weighted by Crippen LogP contribution is 2.19. The van der Waals surface area contributed by atoms with Crippen molar-refractivity contribution >= 4 is 5.91 Å². The molecule has 1 aliphatic heterocycles. The average Bonchev–Trinajstić information content (AvgIpc) is 2.60. The van der Waals surface area contributed by atoms with Crippen LogP contribution in [0.1, 0.15) is 16.7 Å². The molecule has 1 atom stereocenters. The van der Waals surface area contributed by atoms with Gasteiger partial charge in [-0.2, -0.15) is 0 Å². The second kappa shape index (κ2) is 7.29. The molecule has 120 valence electrons. The summed E-state index contributed by atoms with van der Waals surface area (Å²) in [5, 5.41) is 2.97. The van der Waals surface area contributed by atoms with Crippen molar-refractivity contribution in [1.82, 2.24) is 5.32 Å². The van der Waals surface area contributed by atoms with Crippen LogP contribution in [0.5, 0.6) is 5.75 Å². The first-order chi connectivity index (χ1) is 11.2. The Kier molecular flexibility index (Phi) is 4.93. The van der Waals surface area contributed by atoms with Crippen LogP contribution >= 0.6 is 0 Å².